The zero-order valence-electron chi connectivity index (χ0n) is 9.90. The Balaban J connectivity index is 1.73. The second kappa shape index (κ2) is 4.46. The van der Waals surface area contributed by atoms with Crippen LogP contribution in [0.15, 0.2) is 0 Å². The predicted octanol–water partition coefficient (Wildman–Crippen LogP) is 2.11. The molecule has 18 heavy (non-hydrogen) atoms. The average Bonchev–Trinajstić information content (AvgIpc) is 2.93. The van der Waals surface area contributed by atoms with Gasteiger partial charge in [0.05, 0.1) is 5.92 Å². The summed E-state index contributed by atoms with van der Waals surface area (Å²) in [7, 11) is 0. The molecule has 1 heterocycles. The zero-order chi connectivity index (χ0) is 13.1. The van der Waals surface area contributed by atoms with Gasteiger partial charge in [-0.15, -0.1) is 0 Å². The molecule has 2 saturated carbocycles. The topological polar surface area (TPSA) is 52.6 Å². The summed E-state index contributed by atoms with van der Waals surface area (Å²) >= 11 is 4.31. The molecule has 0 radical (unpaired) electrons. The normalized spacial score (nSPS) is 43.7. The van der Waals surface area contributed by atoms with Crippen molar-refractivity contribution >= 4 is 57.1 Å². The van der Waals surface area contributed by atoms with Crippen LogP contribution in [0.25, 0.3) is 0 Å². The van der Waals surface area contributed by atoms with Gasteiger partial charge >= 0.3 is 11.9 Å². The summed E-state index contributed by atoms with van der Waals surface area (Å²) < 4.78 is 11.2. The fraction of sp³-hybridized carbons (Fsp3) is 0.833. The number of hydrogen-bond donors (Lipinski definition) is 0. The van der Waals surface area contributed by atoms with E-state index >= 15 is 0 Å². The lowest BCUT2D eigenvalue weighted by atomic mass is 9.88. The Bertz CT molecular complexity index is 409. The third kappa shape index (κ3) is 1.89. The predicted molar refractivity (Wildman–Crippen MR) is 80.8 cm³/mol. The van der Waals surface area contributed by atoms with Gasteiger partial charge in [0.2, 0.25) is 0 Å². The molecule has 0 aromatic rings. The summed E-state index contributed by atoms with van der Waals surface area (Å²) in [5.74, 6) is 0.416. The monoisotopic (exact) mass is 476 g/mol. The van der Waals surface area contributed by atoms with Crippen molar-refractivity contribution < 1.29 is 19.1 Å². The third-order valence-corrected chi connectivity index (χ3v) is 8.14. The third-order valence-electron chi connectivity index (χ3n) is 4.33. The SMILES string of the molecule is CC(I)(CI)C(=O)OC1C2CC3C(=O)OC1C3C2. The first-order valence-electron chi connectivity index (χ1n) is 6.10. The molecule has 100 valence electrons. The van der Waals surface area contributed by atoms with Gasteiger partial charge in [0, 0.05) is 16.3 Å². The van der Waals surface area contributed by atoms with E-state index in [1.165, 1.54) is 0 Å². The second-order valence-corrected chi connectivity index (χ2v) is 8.75. The molecule has 6 heteroatoms. The first-order valence-corrected chi connectivity index (χ1v) is 8.71. The van der Waals surface area contributed by atoms with Crippen LogP contribution >= 0.6 is 45.2 Å². The largest absolute Gasteiger partial charge is 0.458 e. The van der Waals surface area contributed by atoms with Gasteiger partial charge in [-0.05, 0) is 19.8 Å². The summed E-state index contributed by atoms with van der Waals surface area (Å²) in [5, 5.41) is 0. The Labute approximate surface area is 133 Å². The molecule has 6 atom stereocenters. The van der Waals surface area contributed by atoms with E-state index in [1.54, 1.807) is 0 Å². The number of halogens is 2. The van der Waals surface area contributed by atoms with Crippen molar-refractivity contribution in [1.29, 1.82) is 0 Å². The molecule has 1 aliphatic heterocycles. The van der Waals surface area contributed by atoms with Crippen LogP contribution in [0.2, 0.25) is 0 Å². The Morgan fingerprint density at radius 3 is 2.94 bits per heavy atom. The Morgan fingerprint density at radius 2 is 2.28 bits per heavy atom. The maximum Gasteiger partial charge on any atom is 0.322 e. The summed E-state index contributed by atoms with van der Waals surface area (Å²) in [4.78, 5) is 23.7. The highest BCUT2D eigenvalue weighted by Crippen LogP contribution is 2.55. The van der Waals surface area contributed by atoms with Crippen LogP contribution in [0.5, 0.6) is 0 Å². The van der Waals surface area contributed by atoms with Gasteiger partial charge in [0.15, 0.2) is 0 Å². The molecule has 3 fully saturated rings. The lowest BCUT2D eigenvalue weighted by Gasteiger charge is -2.28. The van der Waals surface area contributed by atoms with Gasteiger partial charge in [-0.3, -0.25) is 9.59 Å². The number of rotatable bonds is 3. The van der Waals surface area contributed by atoms with Crippen molar-refractivity contribution in [3.63, 3.8) is 0 Å². The van der Waals surface area contributed by atoms with Crippen LogP contribution in [0.4, 0.5) is 0 Å². The number of ether oxygens (including phenoxy) is 2. The van der Waals surface area contributed by atoms with E-state index in [0.717, 1.165) is 12.8 Å². The Morgan fingerprint density at radius 1 is 1.56 bits per heavy atom. The van der Waals surface area contributed by atoms with Gasteiger partial charge in [-0.2, -0.15) is 0 Å². The summed E-state index contributed by atoms with van der Waals surface area (Å²) in [6.07, 6.45) is 1.43. The first-order chi connectivity index (χ1) is 8.44. The van der Waals surface area contributed by atoms with Crippen LogP contribution < -0.4 is 0 Å². The van der Waals surface area contributed by atoms with Gasteiger partial charge in [-0.25, -0.2) is 0 Å². The maximum absolute atomic E-state index is 12.1. The zero-order valence-corrected chi connectivity index (χ0v) is 14.2. The van der Waals surface area contributed by atoms with E-state index in [9.17, 15) is 9.59 Å². The summed E-state index contributed by atoms with van der Waals surface area (Å²) in [6.45, 7) is 1.87. The Hall–Kier alpha value is 0.400. The fourth-order valence-electron chi connectivity index (χ4n) is 3.37. The van der Waals surface area contributed by atoms with E-state index < -0.39 is 3.42 Å². The minimum atomic E-state index is -0.498. The molecule has 6 unspecified atom stereocenters. The van der Waals surface area contributed by atoms with Gasteiger partial charge in [-0.1, -0.05) is 45.2 Å². The minimum absolute atomic E-state index is 0.0745. The smallest absolute Gasteiger partial charge is 0.322 e. The number of carbonyl (C=O) groups excluding carboxylic acids is 2. The van der Waals surface area contributed by atoms with Gasteiger partial charge < -0.3 is 9.47 Å². The Kier molecular flexibility index (Phi) is 3.32. The number of fused-ring (bicyclic) bond motifs is 1. The van der Waals surface area contributed by atoms with E-state index in [4.69, 9.17) is 9.47 Å². The number of alkyl halides is 2. The van der Waals surface area contributed by atoms with E-state index in [-0.39, 0.29) is 30.1 Å². The molecule has 2 bridgehead atoms. The highest BCUT2D eigenvalue weighted by atomic mass is 127. The minimum Gasteiger partial charge on any atom is -0.458 e. The van der Waals surface area contributed by atoms with Crippen LogP contribution in [0, 0.1) is 17.8 Å². The molecule has 4 nitrogen and oxygen atoms in total. The lowest BCUT2D eigenvalue weighted by Crippen LogP contribution is -2.41. The molecule has 3 aliphatic rings. The second-order valence-electron chi connectivity index (χ2n) is 5.60. The number of hydrogen-bond acceptors (Lipinski definition) is 4. The van der Waals surface area contributed by atoms with Gasteiger partial charge in [0.25, 0.3) is 0 Å². The van der Waals surface area contributed by atoms with Crippen molar-refractivity contribution in [3.05, 3.63) is 0 Å². The van der Waals surface area contributed by atoms with Crippen molar-refractivity contribution in [1.82, 2.24) is 0 Å². The van der Waals surface area contributed by atoms with Crippen molar-refractivity contribution in [2.75, 3.05) is 4.43 Å². The quantitative estimate of drug-likeness (QED) is 0.356. The molecular formula is C12H14I2O4. The van der Waals surface area contributed by atoms with E-state index in [1.807, 2.05) is 6.92 Å². The standard InChI is InChI=1S/C12H14I2O4/c1-12(14,4-13)11(16)18-8-5-2-6-7(3-5)10(15)17-9(6)8/h5-9H,2-4H2,1H3. The van der Waals surface area contributed by atoms with Crippen LogP contribution in [0.1, 0.15) is 19.8 Å². The molecule has 0 N–H and O–H groups in total. The first kappa shape index (κ1) is 13.4. The maximum atomic E-state index is 12.1. The molecule has 2 aliphatic carbocycles. The van der Waals surface area contributed by atoms with Crippen LogP contribution in [0.3, 0.4) is 0 Å². The van der Waals surface area contributed by atoms with Crippen molar-refractivity contribution in [2.24, 2.45) is 17.8 Å². The molecule has 0 amide bonds. The number of carbonyl (C=O) groups is 2. The van der Waals surface area contributed by atoms with Crippen molar-refractivity contribution in [3.8, 4) is 0 Å². The lowest BCUT2D eigenvalue weighted by molar-refractivity contribution is -0.162. The molecule has 0 aromatic carbocycles. The van der Waals surface area contributed by atoms with E-state index in [0.29, 0.717) is 16.3 Å². The molecule has 3 rings (SSSR count). The number of esters is 2. The van der Waals surface area contributed by atoms with E-state index in [2.05, 4.69) is 45.2 Å². The van der Waals surface area contributed by atoms with Crippen LogP contribution in [-0.4, -0.2) is 32.0 Å². The molecular weight excluding hydrogens is 462 g/mol. The summed E-state index contributed by atoms with van der Waals surface area (Å²) in [5.41, 5.74) is 0. The van der Waals surface area contributed by atoms with Gasteiger partial charge in [0.1, 0.15) is 15.6 Å². The highest BCUT2D eigenvalue weighted by Gasteiger charge is 2.63. The van der Waals surface area contributed by atoms with Crippen LogP contribution in [-0.2, 0) is 19.1 Å². The van der Waals surface area contributed by atoms with Crippen molar-refractivity contribution in [2.45, 2.75) is 35.4 Å². The molecule has 0 aromatic heterocycles. The highest BCUT2D eigenvalue weighted by molar-refractivity contribution is 14.1. The molecule has 1 saturated heterocycles. The summed E-state index contributed by atoms with van der Waals surface area (Å²) in [6, 6.07) is 0. The fourth-order valence-corrected chi connectivity index (χ4v) is 3.80. The average molecular weight is 476 g/mol. The molecule has 0 spiro atoms.